The van der Waals surface area contributed by atoms with Crippen molar-refractivity contribution >= 4 is 10.1 Å². The molecule has 0 aliphatic rings. The van der Waals surface area contributed by atoms with Crippen LogP contribution in [-0.4, -0.2) is 29.3 Å². The maximum absolute atomic E-state index is 11.8. The first-order valence-corrected chi connectivity index (χ1v) is 11.0. The first-order valence-electron chi connectivity index (χ1n) is 9.58. The van der Waals surface area contributed by atoms with Crippen molar-refractivity contribution in [3.63, 3.8) is 0 Å². The van der Waals surface area contributed by atoms with Gasteiger partial charge in [0.25, 0.3) is 10.1 Å². The molecule has 0 aliphatic heterocycles. The number of benzene rings is 2. The van der Waals surface area contributed by atoms with Crippen LogP contribution in [0.5, 0.6) is 0 Å². The Bertz CT molecular complexity index is 1190. The molecule has 0 bridgehead atoms. The van der Waals surface area contributed by atoms with Gasteiger partial charge in [0.15, 0.2) is 0 Å². The van der Waals surface area contributed by atoms with Crippen LogP contribution >= 0.6 is 0 Å². The number of aryl methyl sites for hydroxylation is 2. The number of aromatic nitrogens is 1. The van der Waals surface area contributed by atoms with Crippen LogP contribution in [0, 0.1) is 31.1 Å². The Balaban J connectivity index is 1.91. The number of aliphatic hydroxyl groups excluding tert-OH is 1. The molecule has 1 unspecified atom stereocenters. The van der Waals surface area contributed by atoms with Crippen LogP contribution in [0.2, 0.25) is 0 Å². The zero-order valence-corrected chi connectivity index (χ0v) is 17.7. The summed E-state index contributed by atoms with van der Waals surface area (Å²) in [6.45, 7) is 3.70. The lowest BCUT2D eigenvalue weighted by molar-refractivity contribution is 0.223. The molecule has 1 atom stereocenters. The lowest BCUT2D eigenvalue weighted by Gasteiger charge is -2.19. The summed E-state index contributed by atoms with van der Waals surface area (Å²) >= 11 is 0. The van der Waals surface area contributed by atoms with Crippen LogP contribution in [0.3, 0.4) is 0 Å². The number of hydrogen-bond donors (Lipinski definition) is 2. The topological polar surface area (TPSA) is 103 Å². The van der Waals surface area contributed by atoms with Gasteiger partial charge < -0.3 is 9.67 Å². The Morgan fingerprint density at radius 3 is 2.33 bits per heavy atom. The van der Waals surface area contributed by atoms with Crippen molar-refractivity contribution < 1.29 is 18.1 Å². The molecule has 2 aromatic carbocycles. The van der Waals surface area contributed by atoms with Crippen LogP contribution < -0.4 is 0 Å². The highest BCUT2D eigenvalue weighted by molar-refractivity contribution is 7.85. The van der Waals surface area contributed by atoms with Gasteiger partial charge in [0.2, 0.25) is 0 Å². The van der Waals surface area contributed by atoms with E-state index in [0.717, 1.165) is 22.6 Å². The molecule has 0 saturated carbocycles. The molecule has 7 heteroatoms. The third kappa shape index (κ3) is 4.79. The van der Waals surface area contributed by atoms with Crippen molar-refractivity contribution in [2.75, 3.05) is 6.61 Å². The standard InChI is InChI=1S/C23H24N2O4S/c1-16-3-10-23(30(27,28)29)20(11-16)12-19(15-26)13-22-7-4-17(2)25(22)21-8-5-18(14-24)6-9-21/h3-11,19,26H,12-13,15H2,1-2H3,(H,27,28,29). The van der Waals surface area contributed by atoms with Crippen molar-refractivity contribution in [3.8, 4) is 11.8 Å². The molecule has 156 valence electrons. The van der Waals surface area contributed by atoms with Gasteiger partial charge in [-0.1, -0.05) is 17.7 Å². The molecular formula is C23H24N2O4S. The highest BCUT2D eigenvalue weighted by atomic mass is 32.2. The normalized spacial score (nSPS) is 12.5. The first-order chi connectivity index (χ1) is 14.2. The average Bonchev–Trinajstić information content (AvgIpc) is 3.06. The molecule has 0 saturated heterocycles. The summed E-state index contributed by atoms with van der Waals surface area (Å²) in [5.74, 6) is -0.237. The monoisotopic (exact) mass is 424 g/mol. The molecule has 30 heavy (non-hydrogen) atoms. The molecule has 6 nitrogen and oxygen atoms in total. The van der Waals surface area contributed by atoms with Crippen molar-refractivity contribution in [2.24, 2.45) is 5.92 Å². The second-order valence-electron chi connectivity index (χ2n) is 7.50. The Kier molecular flexibility index (Phi) is 6.42. The lowest BCUT2D eigenvalue weighted by Crippen LogP contribution is -2.17. The van der Waals surface area contributed by atoms with Gasteiger partial charge in [-0.05, 0) is 80.6 Å². The fourth-order valence-corrected chi connectivity index (χ4v) is 4.45. The third-order valence-corrected chi connectivity index (χ3v) is 6.12. The third-order valence-electron chi connectivity index (χ3n) is 5.17. The molecule has 0 radical (unpaired) electrons. The smallest absolute Gasteiger partial charge is 0.294 e. The maximum Gasteiger partial charge on any atom is 0.294 e. The summed E-state index contributed by atoms with van der Waals surface area (Å²) < 4.78 is 35.1. The van der Waals surface area contributed by atoms with E-state index in [4.69, 9.17) is 5.26 Å². The number of nitriles is 1. The minimum Gasteiger partial charge on any atom is -0.396 e. The molecule has 0 spiro atoms. The molecule has 3 rings (SSSR count). The van der Waals surface area contributed by atoms with Crippen molar-refractivity contribution in [1.29, 1.82) is 5.26 Å². The average molecular weight is 425 g/mol. The van der Waals surface area contributed by atoms with Gasteiger partial charge in [-0.25, -0.2) is 0 Å². The van der Waals surface area contributed by atoms with Gasteiger partial charge >= 0.3 is 0 Å². The Hall–Kier alpha value is -2.92. The van der Waals surface area contributed by atoms with Crippen LogP contribution in [0.4, 0.5) is 0 Å². The summed E-state index contributed by atoms with van der Waals surface area (Å²) in [4.78, 5) is -0.120. The van der Waals surface area contributed by atoms with E-state index in [-0.39, 0.29) is 17.4 Å². The van der Waals surface area contributed by atoms with E-state index in [1.54, 1.807) is 24.3 Å². The van der Waals surface area contributed by atoms with E-state index in [2.05, 4.69) is 10.6 Å². The Labute approximate surface area is 176 Å². The second kappa shape index (κ2) is 8.84. The summed E-state index contributed by atoms with van der Waals surface area (Å²) in [5, 5.41) is 19.0. The Morgan fingerprint density at radius 2 is 1.73 bits per heavy atom. The summed E-state index contributed by atoms with van der Waals surface area (Å²) in [7, 11) is -4.34. The number of aliphatic hydroxyl groups is 1. The lowest BCUT2D eigenvalue weighted by atomic mass is 9.94. The fraction of sp³-hybridized carbons (Fsp3) is 0.261. The highest BCUT2D eigenvalue weighted by Crippen LogP contribution is 2.25. The SMILES string of the molecule is Cc1ccc(S(=O)(=O)O)c(CC(CO)Cc2ccc(C)n2-c2ccc(C#N)cc2)c1. The van der Waals surface area contributed by atoms with Crippen LogP contribution in [0.25, 0.3) is 5.69 Å². The molecular weight excluding hydrogens is 400 g/mol. The molecule has 0 fully saturated rings. The van der Waals surface area contributed by atoms with Gasteiger partial charge in [-0.15, -0.1) is 0 Å². The van der Waals surface area contributed by atoms with Crippen molar-refractivity contribution in [1.82, 2.24) is 4.57 Å². The number of nitrogens with zero attached hydrogens (tertiary/aromatic N) is 2. The zero-order chi connectivity index (χ0) is 21.9. The maximum atomic E-state index is 11.8. The minimum atomic E-state index is -4.34. The van der Waals surface area contributed by atoms with Crippen LogP contribution in [0.15, 0.2) is 59.5 Å². The molecule has 1 aromatic heterocycles. The van der Waals surface area contributed by atoms with E-state index in [1.807, 2.05) is 38.1 Å². The summed E-state index contributed by atoms with van der Waals surface area (Å²) in [5.41, 5.74) is 4.85. The van der Waals surface area contributed by atoms with E-state index >= 15 is 0 Å². The van der Waals surface area contributed by atoms with Crippen LogP contribution in [-0.2, 0) is 23.0 Å². The van der Waals surface area contributed by atoms with E-state index in [9.17, 15) is 18.1 Å². The number of rotatable bonds is 7. The largest absolute Gasteiger partial charge is 0.396 e. The first kappa shape index (κ1) is 21.8. The van der Waals surface area contributed by atoms with Crippen LogP contribution in [0.1, 0.15) is 28.1 Å². The zero-order valence-electron chi connectivity index (χ0n) is 16.9. The summed E-state index contributed by atoms with van der Waals surface area (Å²) in [6.07, 6.45) is 0.827. The fourth-order valence-electron chi connectivity index (χ4n) is 3.73. The molecule has 1 heterocycles. The predicted octanol–water partition coefficient (Wildman–Crippen LogP) is 3.61. The minimum absolute atomic E-state index is 0.120. The predicted molar refractivity (Wildman–Crippen MR) is 114 cm³/mol. The van der Waals surface area contributed by atoms with E-state index in [1.165, 1.54) is 6.07 Å². The van der Waals surface area contributed by atoms with Gasteiger partial charge in [0.05, 0.1) is 16.5 Å². The van der Waals surface area contributed by atoms with Gasteiger partial charge in [-0.2, -0.15) is 13.7 Å². The van der Waals surface area contributed by atoms with Crippen molar-refractivity contribution in [3.05, 3.63) is 82.7 Å². The highest BCUT2D eigenvalue weighted by Gasteiger charge is 2.20. The van der Waals surface area contributed by atoms with E-state index < -0.39 is 10.1 Å². The van der Waals surface area contributed by atoms with Crippen molar-refractivity contribution in [2.45, 2.75) is 31.6 Å². The molecule has 3 aromatic rings. The van der Waals surface area contributed by atoms with E-state index in [0.29, 0.717) is 24.0 Å². The molecule has 0 aliphatic carbocycles. The van der Waals surface area contributed by atoms with Gasteiger partial charge in [0, 0.05) is 23.7 Å². The molecule has 0 amide bonds. The Morgan fingerprint density at radius 1 is 1.03 bits per heavy atom. The van der Waals surface area contributed by atoms with Gasteiger partial charge in [0.1, 0.15) is 0 Å². The van der Waals surface area contributed by atoms with Gasteiger partial charge in [-0.3, -0.25) is 4.55 Å². The number of hydrogen-bond acceptors (Lipinski definition) is 4. The quantitative estimate of drug-likeness (QED) is 0.564. The summed E-state index contributed by atoms with van der Waals surface area (Å²) in [6, 6.07) is 18.1. The molecule has 2 N–H and O–H groups in total. The second-order valence-corrected chi connectivity index (χ2v) is 8.89.